The summed E-state index contributed by atoms with van der Waals surface area (Å²) in [6, 6.07) is 0. The molecule has 0 aliphatic rings. The summed E-state index contributed by atoms with van der Waals surface area (Å²) >= 11 is 0. The second kappa shape index (κ2) is 2.03. The molecule has 0 unspecified atom stereocenters. The van der Waals surface area contributed by atoms with Crippen molar-refractivity contribution in [2.45, 2.75) is 0 Å². The van der Waals surface area contributed by atoms with E-state index in [2.05, 4.69) is 15.2 Å². The van der Waals surface area contributed by atoms with Gasteiger partial charge in [-0.1, -0.05) is 0 Å². The van der Waals surface area contributed by atoms with Crippen molar-refractivity contribution in [1.29, 1.82) is 0 Å². The Morgan fingerprint density at radius 3 is 2.75 bits per heavy atom. The summed E-state index contributed by atoms with van der Waals surface area (Å²) in [5.41, 5.74) is -0.766. The minimum absolute atomic E-state index is 0.136. The van der Waals surface area contributed by atoms with E-state index < -0.39 is 11.2 Å². The normalized spacial score (nSPS) is 10.8. The van der Waals surface area contributed by atoms with Crippen molar-refractivity contribution in [2.75, 3.05) is 0 Å². The van der Waals surface area contributed by atoms with Crippen LogP contribution >= 0.6 is 0 Å². The molecular formula is C5H5N5O2. The highest BCUT2D eigenvalue weighted by Gasteiger charge is 2.04. The monoisotopic (exact) mass is 167 g/mol. The average Bonchev–Trinajstić information content (AvgIpc) is 2.29. The minimum Gasteiger partial charge on any atom is -0.288 e. The van der Waals surface area contributed by atoms with Crippen LogP contribution in [0, 0.1) is 0 Å². The largest absolute Gasteiger partial charge is 0.327 e. The van der Waals surface area contributed by atoms with Crippen molar-refractivity contribution in [3.63, 3.8) is 0 Å². The van der Waals surface area contributed by atoms with Crippen LogP contribution in [0.5, 0.6) is 0 Å². The van der Waals surface area contributed by atoms with Crippen molar-refractivity contribution >= 4 is 11.2 Å². The van der Waals surface area contributed by atoms with E-state index in [0.29, 0.717) is 0 Å². The van der Waals surface area contributed by atoms with Crippen LogP contribution in [0.4, 0.5) is 0 Å². The number of aromatic amines is 2. The molecule has 2 N–H and O–H groups in total. The van der Waals surface area contributed by atoms with Gasteiger partial charge in [-0.25, -0.2) is 4.79 Å². The van der Waals surface area contributed by atoms with E-state index in [0.717, 1.165) is 0 Å². The zero-order chi connectivity index (χ0) is 8.72. The number of fused-ring (bicyclic) bond motifs is 1. The Hall–Kier alpha value is -1.92. The lowest BCUT2D eigenvalue weighted by Crippen LogP contribution is -2.21. The average molecular weight is 167 g/mol. The van der Waals surface area contributed by atoms with Gasteiger partial charge in [0.1, 0.15) is 0 Å². The topological polar surface area (TPSA) is 96.4 Å². The van der Waals surface area contributed by atoms with Gasteiger partial charge in [-0.3, -0.25) is 14.8 Å². The molecule has 2 heterocycles. The molecule has 0 bridgehead atoms. The highest BCUT2D eigenvalue weighted by Crippen LogP contribution is 1.92. The molecule has 7 nitrogen and oxygen atoms in total. The summed E-state index contributed by atoms with van der Waals surface area (Å²) in [5.74, 6) is 0. The Balaban J connectivity index is 3.08. The van der Waals surface area contributed by atoms with Gasteiger partial charge in [0.15, 0.2) is 11.2 Å². The molecule has 2 aromatic heterocycles. The Morgan fingerprint density at radius 2 is 2.00 bits per heavy atom. The smallest absolute Gasteiger partial charge is 0.288 e. The van der Waals surface area contributed by atoms with Crippen LogP contribution in [0.15, 0.2) is 9.59 Å². The molecule has 12 heavy (non-hydrogen) atoms. The Labute approximate surface area is 65.0 Å². The number of hydrogen-bond donors (Lipinski definition) is 2. The fourth-order valence-corrected chi connectivity index (χ4v) is 0.945. The molecule has 0 atom stereocenters. The van der Waals surface area contributed by atoms with E-state index in [1.807, 2.05) is 4.98 Å². The van der Waals surface area contributed by atoms with E-state index in [1.165, 1.54) is 4.80 Å². The SMILES string of the molecule is Cn1nc2[nH]c(=O)[nH]c(=O)c2n1. The third kappa shape index (κ3) is 0.831. The summed E-state index contributed by atoms with van der Waals surface area (Å²) in [4.78, 5) is 27.4. The van der Waals surface area contributed by atoms with Crippen LogP contribution in [0.2, 0.25) is 0 Å². The number of aromatic nitrogens is 5. The van der Waals surface area contributed by atoms with Gasteiger partial charge < -0.3 is 0 Å². The Bertz CT molecular complexity index is 532. The molecule has 0 saturated heterocycles. The Kier molecular flexibility index (Phi) is 1.15. The molecule has 0 radical (unpaired) electrons. The van der Waals surface area contributed by atoms with Crippen molar-refractivity contribution in [3.05, 3.63) is 20.8 Å². The lowest BCUT2D eigenvalue weighted by atomic mass is 10.5. The van der Waals surface area contributed by atoms with E-state index in [9.17, 15) is 9.59 Å². The van der Waals surface area contributed by atoms with Crippen molar-refractivity contribution in [1.82, 2.24) is 25.0 Å². The number of aryl methyl sites for hydroxylation is 1. The van der Waals surface area contributed by atoms with Gasteiger partial charge in [-0.2, -0.15) is 4.80 Å². The standard InChI is InChI=1S/C5H5N5O2/c1-10-8-2-3(9-10)6-5(12)7-4(2)11/h1H3,(H2,6,7,9,11,12). The summed E-state index contributed by atoms with van der Waals surface area (Å²) in [6.07, 6.45) is 0. The number of rotatable bonds is 0. The third-order valence-electron chi connectivity index (χ3n) is 1.39. The summed E-state index contributed by atoms with van der Waals surface area (Å²) in [5, 5.41) is 7.51. The van der Waals surface area contributed by atoms with Crippen LogP contribution in [-0.2, 0) is 7.05 Å². The van der Waals surface area contributed by atoms with E-state index >= 15 is 0 Å². The molecule has 0 aliphatic carbocycles. The molecule has 0 spiro atoms. The predicted molar refractivity (Wildman–Crippen MR) is 39.8 cm³/mol. The van der Waals surface area contributed by atoms with Gasteiger partial charge in [-0.05, 0) is 0 Å². The minimum atomic E-state index is -0.576. The molecule has 2 rings (SSSR count). The van der Waals surface area contributed by atoms with Crippen LogP contribution in [0.25, 0.3) is 11.2 Å². The summed E-state index contributed by atoms with van der Waals surface area (Å²) < 4.78 is 0. The molecule has 0 saturated carbocycles. The zero-order valence-electron chi connectivity index (χ0n) is 6.16. The molecule has 62 valence electrons. The van der Waals surface area contributed by atoms with Crippen LogP contribution in [0.1, 0.15) is 0 Å². The fourth-order valence-electron chi connectivity index (χ4n) is 0.945. The molecular weight excluding hydrogens is 162 g/mol. The van der Waals surface area contributed by atoms with E-state index in [1.54, 1.807) is 7.05 Å². The molecule has 7 heteroatoms. The molecule has 0 amide bonds. The maximum atomic E-state index is 11.0. The highest BCUT2D eigenvalue weighted by atomic mass is 16.2. The molecule has 0 aliphatic heterocycles. The first-order valence-electron chi connectivity index (χ1n) is 3.20. The predicted octanol–water partition coefficient (Wildman–Crippen LogP) is -1.66. The summed E-state index contributed by atoms with van der Waals surface area (Å²) in [6.45, 7) is 0. The first kappa shape index (κ1) is 6.77. The second-order valence-corrected chi connectivity index (χ2v) is 2.29. The fraction of sp³-hybridized carbons (Fsp3) is 0.200. The second-order valence-electron chi connectivity index (χ2n) is 2.29. The lowest BCUT2D eigenvalue weighted by Gasteiger charge is -1.81. The van der Waals surface area contributed by atoms with Gasteiger partial charge >= 0.3 is 5.69 Å². The van der Waals surface area contributed by atoms with Gasteiger partial charge in [0.05, 0.1) is 0 Å². The van der Waals surface area contributed by atoms with E-state index in [-0.39, 0.29) is 11.2 Å². The van der Waals surface area contributed by atoms with E-state index in [4.69, 9.17) is 0 Å². The van der Waals surface area contributed by atoms with Crippen LogP contribution in [-0.4, -0.2) is 25.0 Å². The number of nitrogens with zero attached hydrogens (tertiary/aromatic N) is 3. The quantitative estimate of drug-likeness (QED) is 0.491. The molecule has 0 fully saturated rings. The van der Waals surface area contributed by atoms with Gasteiger partial charge in [0, 0.05) is 7.05 Å². The Morgan fingerprint density at radius 1 is 1.25 bits per heavy atom. The number of H-pyrrole nitrogens is 2. The maximum Gasteiger partial charge on any atom is 0.327 e. The van der Waals surface area contributed by atoms with Crippen LogP contribution in [0.3, 0.4) is 0 Å². The molecule has 2 aromatic rings. The van der Waals surface area contributed by atoms with Gasteiger partial charge in [0.2, 0.25) is 0 Å². The van der Waals surface area contributed by atoms with Crippen molar-refractivity contribution in [3.8, 4) is 0 Å². The first-order valence-corrected chi connectivity index (χ1v) is 3.20. The zero-order valence-corrected chi connectivity index (χ0v) is 6.16. The molecule has 0 aromatic carbocycles. The maximum absolute atomic E-state index is 11.0. The van der Waals surface area contributed by atoms with Gasteiger partial charge in [0.25, 0.3) is 5.56 Å². The number of hydrogen-bond acceptors (Lipinski definition) is 4. The number of nitrogens with one attached hydrogen (secondary N) is 2. The van der Waals surface area contributed by atoms with Gasteiger partial charge in [-0.15, -0.1) is 10.2 Å². The highest BCUT2D eigenvalue weighted by molar-refractivity contribution is 5.66. The third-order valence-corrected chi connectivity index (χ3v) is 1.39. The van der Waals surface area contributed by atoms with Crippen molar-refractivity contribution < 1.29 is 0 Å². The first-order chi connectivity index (χ1) is 5.66. The van der Waals surface area contributed by atoms with Crippen molar-refractivity contribution in [2.24, 2.45) is 7.05 Å². The summed E-state index contributed by atoms with van der Waals surface area (Å²) in [7, 11) is 1.57. The van der Waals surface area contributed by atoms with Crippen LogP contribution < -0.4 is 11.2 Å². The lowest BCUT2D eigenvalue weighted by molar-refractivity contribution is 0.663.